The molecule has 2 N–H and O–H groups in total. The largest absolute Gasteiger partial charge is 0.356 e. The molecule has 3 rings (SSSR count). The van der Waals surface area contributed by atoms with Crippen molar-refractivity contribution in [1.29, 1.82) is 0 Å². The Balaban J connectivity index is 1.61. The van der Waals surface area contributed by atoms with Crippen LogP contribution in [0.15, 0.2) is 23.2 Å². The third kappa shape index (κ3) is 6.05. The highest BCUT2D eigenvalue weighted by Gasteiger charge is 2.22. The van der Waals surface area contributed by atoms with Crippen molar-refractivity contribution in [3.05, 3.63) is 46.5 Å². The predicted octanol–water partition coefficient (Wildman–Crippen LogP) is 2.50. The molecular weight excluding hydrogens is 374 g/mol. The van der Waals surface area contributed by atoms with Crippen molar-refractivity contribution in [1.82, 2.24) is 30.3 Å². The van der Waals surface area contributed by atoms with Gasteiger partial charge in [-0.3, -0.25) is 4.90 Å². The highest BCUT2D eigenvalue weighted by molar-refractivity contribution is 5.79. The molecule has 2 heterocycles. The van der Waals surface area contributed by atoms with Gasteiger partial charge in [-0.15, -0.1) is 10.2 Å². The Kier molecular flexibility index (Phi) is 7.85. The smallest absolute Gasteiger partial charge is 0.191 e. The highest BCUT2D eigenvalue weighted by Crippen LogP contribution is 2.15. The van der Waals surface area contributed by atoms with E-state index in [1.807, 2.05) is 18.5 Å². The molecule has 0 radical (unpaired) electrons. The second-order valence-corrected chi connectivity index (χ2v) is 8.37. The Morgan fingerprint density at radius 2 is 1.90 bits per heavy atom. The van der Waals surface area contributed by atoms with Crippen LogP contribution in [0, 0.1) is 20.8 Å². The summed E-state index contributed by atoms with van der Waals surface area (Å²) in [6.45, 7) is 13.1. The van der Waals surface area contributed by atoms with Crippen LogP contribution in [0.4, 0.5) is 0 Å². The van der Waals surface area contributed by atoms with E-state index in [9.17, 15) is 0 Å². The second kappa shape index (κ2) is 10.6. The van der Waals surface area contributed by atoms with E-state index in [0.29, 0.717) is 12.6 Å². The fourth-order valence-corrected chi connectivity index (χ4v) is 4.21. The lowest BCUT2D eigenvalue weighted by atomic mass is 10.1. The first-order chi connectivity index (χ1) is 14.5. The third-order valence-corrected chi connectivity index (χ3v) is 5.96. The molecule has 2 aromatic rings. The lowest BCUT2D eigenvalue weighted by Crippen LogP contribution is -2.45. The molecule has 7 nitrogen and oxygen atoms in total. The number of aryl methyl sites for hydroxylation is 3. The lowest BCUT2D eigenvalue weighted by Gasteiger charge is -2.24. The van der Waals surface area contributed by atoms with Gasteiger partial charge in [-0.1, -0.05) is 36.2 Å². The van der Waals surface area contributed by atoms with E-state index in [0.717, 1.165) is 43.7 Å². The van der Waals surface area contributed by atoms with Gasteiger partial charge in [0.1, 0.15) is 12.4 Å². The Morgan fingerprint density at radius 3 is 2.57 bits per heavy atom. The molecule has 0 spiro atoms. The zero-order valence-corrected chi connectivity index (χ0v) is 19.2. The van der Waals surface area contributed by atoms with Crippen molar-refractivity contribution in [2.45, 2.75) is 59.5 Å². The molecule has 164 valence electrons. The molecule has 0 amide bonds. The second-order valence-electron chi connectivity index (χ2n) is 8.37. The molecule has 1 aliphatic rings. The van der Waals surface area contributed by atoms with Crippen molar-refractivity contribution < 1.29 is 0 Å². The van der Waals surface area contributed by atoms with Crippen molar-refractivity contribution in [3.8, 4) is 0 Å². The number of guanidine groups is 1. The number of hydrogen-bond acceptors (Lipinski definition) is 4. The minimum atomic E-state index is 0.512. The van der Waals surface area contributed by atoms with E-state index in [-0.39, 0.29) is 0 Å². The molecule has 1 aromatic carbocycles. The molecular formula is C23H37N7. The van der Waals surface area contributed by atoms with Gasteiger partial charge in [0.05, 0.1) is 0 Å². The number of rotatable bonds is 8. The maximum atomic E-state index is 4.80. The van der Waals surface area contributed by atoms with Crippen molar-refractivity contribution in [2.75, 3.05) is 26.2 Å². The SMILES string of the molecule is CCN1CCCC1CNC(=NCc1nnc(C)n1C)NCCc1cc(C)cc(C)c1. The Hall–Kier alpha value is -2.41. The normalized spacial score (nSPS) is 17.5. The summed E-state index contributed by atoms with van der Waals surface area (Å²) in [6.07, 6.45) is 3.50. The average Bonchev–Trinajstić information content (AvgIpc) is 3.29. The molecule has 1 atom stereocenters. The van der Waals surface area contributed by atoms with Gasteiger partial charge in [0, 0.05) is 26.2 Å². The van der Waals surface area contributed by atoms with Crippen LogP contribution in [0.3, 0.4) is 0 Å². The molecule has 0 aliphatic carbocycles. The van der Waals surface area contributed by atoms with Crippen LogP contribution < -0.4 is 10.6 Å². The van der Waals surface area contributed by atoms with E-state index in [1.54, 1.807) is 0 Å². The number of likely N-dealkylation sites (tertiary alicyclic amines) is 1. The quantitative estimate of drug-likeness (QED) is 0.516. The minimum Gasteiger partial charge on any atom is -0.356 e. The van der Waals surface area contributed by atoms with Crippen LogP contribution in [0.1, 0.15) is 48.1 Å². The van der Waals surface area contributed by atoms with Gasteiger partial charge in [-0.05, 0) is 58.7 Å². The van der Waals surface area contributed by atoms with E-state index in [4.69, 9.17) is 4.99 Å². The molecule has 1 unspecified atom stereocenters. The third-order valence-electron chi connectivity index (χ3n) is 5.96. The zero-order valence-electron chi connectivity index (χ0n) is 19.2. The zero-order chi connectivity index (χ0) is 21.5. The topological polar surface area (TPSA) is 70.4 Å². The minimum absolute atomic E-state index is 0.512. The molecule has 30 heavy (non-hydrogen) atoms. The predicted molar refractivity (Wildman–Crippen MR) is 123 cm³/mol. The summed E-state index contributed by atoms with van der Waals surface area (Å²) in [5.41, 5.74) is 3.99. The van der Waals surface area contributed by atoms with Crippen molar-refractivity contribution >= 4 is 5.96 Å². The summed E-state index contributed by atoms with van der Waals surface area (Å²) in [4.78, 5) is 7.35. The first kappa shape index (κ1) is 22.3. The Morgan fingerprint density at radius 1 is 1.13 bits per heavy atom. The van der Waals surface area contributed by atoms with Crippen LogP contribution in [0.25, 0.3) is 0 Å². The first-order valence-corrected chi connectivity index (χ1v) is 11.1. The molecule has 1 aliphatic heterocycles. The van der Waals surface area contributed by atoms with Gasteiger partial charge in [0.25, 0.3) is 0 Å². The number of nitrogens with zero attached hydrogens (tertiary/aromatic N) is 5. The monoisotopic (exact) mass is 411 g/mol. The van der Waals surface area contributed by atoms with Gasteiger partial charge >= 0.3 is 0 Å². The van der Waals surface area contributed by atoms with Crippen LogP contribution >= 0.6 is 0 Å². The summed E-state index contributed by atoms with van der Waals surface area (Å²) >= 11 is 0. The molecule has 1 aromatic heterocycles. The number of nitrogens with one attached hydrogen (secondary N) is 2. The van der Waals surface area contributed by atoms with Gasteiger partial charge in [-0.25, -0.2) is 4.99 Å². The standard InChI is InChI=1S/C23H37N7/c1-6-30-11-7-8-21(30)15-25-23(26-16-22-28-27-19(4)29(22)5)24-10-9-20-13-17(2)12-18(3)14-20/h12-14,21H,6-11,15-16H2,1-5H3,(H2,24,25,26). The van der Waals surface area contributed by atoms with Crippen LogP contribution in [0.2, 0.25) is 0 Å². The molecule has 0 bridgehead atoms. The van der Waals surface area contributed by atoms with Crippen LogP contribution in [-0.2, 0) is 20.0 Å². The average molecular weight is 412 g/mol. The first-order valence-electron chi connectivity index (χ1n) is 11.1. The highest BCUT2D eigenvalue weighted by atomic mass is 15.3. The lowest BCUT2D eigenvalue weighted by molar-refractivity contribution is 0.267. The summed E-state index contributed by atoms with van der Waals surface area (Å²) in [6, 6.07) is 7.33. The maximum absolute atomic E-state index is 4.80. The fraction of sp³-hybridized carbons (Fsp3) is 0.609. The Bertz CT molecular complexity index is 835. The maximum Gasteiger partial charge on any atom is 0.191 e. The van der Waals surface area contributed by atoms with Crippen LogP contribution in [-0.4, -0.2) is 57.8 Å². The summed E-state index contributed by atoms with van der Waals surface area (Å²) in [7, 11) is 1.98. The molecule has 7 heteroatoms. The van der Waals surface area contributed by atoms with E-state index >= 15 is 0 Å². The van der Waals surface area contributed by atoms with Crippen molar-refractivity contribution in [3.63, 3.8) is 0 Å². The number of hydrogen-bond donors (Lipinski definition) is 2. The van der Waals surface area contributed by atoms with E-state index < -0.39 is 0 Å². The van der Waals surface area contributed by atoms with Crippen molar-refractivity contribution in [2.24, 2.45) is 12.0 Å². The fourth-order valence-electron chi connectivity index (χ4n) is 4.21. The number of aliphatic imine (C=N–C) groups is 1. The Labute approximate surface area is 181 Å². The summed E-state index contributed by atoms with van der Waals surface area (Å²) < 4.78 is 1.99. The van der Waals surface area contributed by atoms with Gasteiger partial charge < -0.3 is 15.2 Å². The molecule has 1 saturated heterocycles. The number of aromatic nitrogens is 3. The van der Waals surface area contributed by atoms with E-state index in [2.05, 4.69) is 64.7 Å². The summed E-state index contributed by atoms with van der Waals surface area (Å²) in [5, 5.41) is 15.5. The van der Waals surface area contributed by atoms with Gasteiger partial charge in [0.15, 0.2) is 11.8 Å². The number of likely N-dealkylation sites (N-methyl/N-ethyl adjacent to an activating group) is 1. The van der Waals surface area contributed by atoms with Gasteiger partial charge in [0.2, 0.25) is 0 Å². The number of benzene rings is 1. The summed E-state index contributed by atoms with van der Waals surface area (Å²) in [5.74, 6) is 2.63. The van der Waals surface area contributed by atoms with Crippen LogP contribution in [0.5, 0.6) is 0 Å². The molecule has 1 fully saturated rings. The van der Waals surface area contributed by atoms with Gasteiger partial charge in [-0.2, -0.15) is 0 Å². The van der Waals surface area contributed by atoms with E-state index in [1.165, 1.54) is 36.1 Å². The molecule has 0 saturated carbocycles.